The van der Waals surface area contributed by atoms with Crippen LogP contribution in [-0.4, -0.2) is 28.0 Å². The normalized spacial score (nSPS) is 15.4. The molecule has 146 valence electrons. The quantitative estimate of drug-likeness (QED) is 0.586. The average molecular weight is 389 g/mol. The van der Waals surface area contributed by atoms with Gasteiger partial charge in [0.2, 0.25) is 11.8 Å². The molecule has 4 rings (SSSR count). The summed E-state index contributed by atoms with van der Waals surface area (Å²) in [7, 11) is 1.48. The number of amides is 1. The summed E-state index contributed by atoms with van der Waals surface area (Å²) in [5.74, 6) is 0.197. The van der Waals surface area contributed by atoms with E-state index in [1.165, 1.54) is 7.11 Å². The molecule has 0 unspecified atom stereocenters. The number of hydrogen-bond acceptors (Lipinski definition) is 8. The second-order valence-electron chi connectivity index (χ2n) is 6.64. The molecule has 0 saturated heterocycles. The predicted molar refractivity (Wildman–Crippen MR) is 106 cm³/mol. The number of aromatic nitrogens is 3. The van der Waals surface area contributed by atoms with Crippen LogP contribution in [-0.2, 0) is 6.42 Å². The average Bonchev–Trinajstić information content (AvgIpc) is 2.72. The highest BCUT2D eigenvalue weighted by molar-refractivity contribution is 5.98. The van der Waals surface area contributed by atoms with Gasteiger partial charge < -0.3 is 15.8 Å². The number of hydrogen-bond donors (Lipinski definition) is 3. The van der Waals surface area contributed by atoms with E-state index in [4.69, 9.17) is 16.0 Å². The fraction of sp³-hybridized carbons (Fsp3) is 0.200. The van der Waals surface area contributed by atoms with Gasteiger partial charge >= 0.3 is 0 Å². The maximum Gasteiger partial charge on any atom is 0.255 e. The van der Waals surface area contributed by atoms with E-state index >= 15 is 0 Å². The molecule has 2 aromatic heterocycles. The van der Waals surface area contributed by atoms with Crippen molar-refractivity contribution in [3.63, 3.8) is 0 Å². The lowest BCUT2D eigenvalue weighted by molar-refractivity contribution is 0.0922. The first-order valence-electron chi connectivity index (χ1n) is 8.97. The lowest BCUT2D eigenvalue weighted by Gasteiger charge is -2.27. The topological polar surface area (TPSA) is 139 Å². The lowest BCUT2D eigenvalue weighted by Crippen LogP contribution is -2.37. The van der Waals surface area contributed by atoms with Crippen LogP contribution in [0.5, 0.6) is 5.88 Å². The summed E-state index contributed by atoms with van der Waals surface area (Å²) in [4.78, 5) is 25.6. The minimum absolute atomic E-state index is 0.157. The van der Waals surface area contributed by atoms with E-state index in [-0.39, 0.29) is 23.8 Å². The smallest absolute Gasteiger partial charge is 0.255 e. The van der Waals surface area contributed by atoms with Gasteiger partial charge in [-0.25, -0.2) is 20.5 Å². The third-order valence-electron chi connectivity index (χ3n) is 4.88. The van der Waals surface area contributed by atoms with E-state index in [2.05, 4.69) is 25.4 Å². The number of rotatable bonds is 4. The number of aryl methyl sites for hydroxylation is 1. The summed E-state index contributed by atoms with van der Waals surface area (Å²) < 4.78 is 5.25. The highest BCUT2D eigenvalue weighted by Crippen LogP contribution is 2.35. The molecule has 1 aromatic carbocycles. The molecule has 4 N–H and O–H groups in total. The van der Waals surface area contributed by atoms with Gasteiger partial charge in [-0.3, -0.25) is 4.79 Å². The largest absolute Gasteiger partial charge is 0.479 e. The number of pyridine rings is 1. The van der Waals surface area contributed by atoms with E-state index in [0.29, 0.717) is 34.8 Å². The Bertz CT molecular complexity index is 1130. The molecule has 0 fully saturated rings. The number of nitrogens with two attached hydrogens (primary N) is 1. The van der Waals surface area contributed by atoms with E-state index in [0.717, 1.165) is 11.1 Å². The molecule has 3 aromatic rings. The van der Waals surface area contributed by atoms with Crippen LogP contribution in [0.4, 0.5) is 11.6 Å². The van der Waals surface area contributed by atoms with Crippen LogP contribution in [0.2, 0.25) is 0 Å². The van der Waals surface area contributed by atoms with Gasteiger partial charge in [-0.1, -0.05) is 24.3 Å². The van der Waals surface area contributed by atoms with Gasteiger partial charge in [-0.2, -0.15) is 5.11 Å². The van der Waals surface area contributed by atoms with Gasteiger partial charge in [0.1, 0.15) is 5.69 Å². The number of benzene rings is 1. The molecule has 0 saturated carbocycles. The molecule has 3 heterocycles. The van der Waals surface area contributed by atoms with Gasteiger partial charge in [-0.15, -0.1) is 0 Å². The Morgan fingerprint density at radius 1 is 1.21 bits per heavy atom. The van der Waals surface area contributed by atoms with E-state index in [1.54, 1.807) is 19.1 Å². The van der Waals surface area contributed by atoms with Crippen LogP contribution in [0.1, 0.15) is 33.4 Å². The molecule has 0 spiro atoms. The first-order valence-corrected chi connectivity index (χ1v) is 8.97. The molecule has 1 amide bonds. The van der Waals surface area contributed by atoms with Crippen molar-refractivity contribution in [3.05, 3.63) is 58.9 Å². The van der Waals surface area contributed by atoms with Gasteiger partial charge in [0.25, 0.3) is 5.91 Å². The van der Waals surface area contributed by atoms with Crippen LogP contribution >= 0.6 is 0 Å². The Morgan fingerprint density at radius 3 is 2.76 bits per heavy atom. The summed E-state index contributed by atoms with van der Waals surface area (Å²) in [6, 6.07) is 10.8. The van der Waals surface area contributed by atoms with Crippen molar-refractivity contribution < 1.29 is 9.53 Å². The molecule has 0 radical (unpaired) electrons. The fourth-order valence-corrected chi connectivity index (χ4v) is 3.61. The summed E-state index contributed by atoms with van der Waals surface area (Å²) in [5, 5.41) is 6.46. The minimum atomic E-state index is -0.298. The van der Waals surface area contributed by atoms with E-state index in [1.807, 2.05) is 24.3 Å². The number of ether oxygens (including phenoxy) is 1. The Balaban J connectivity index is 1.78. The number of carbonyl (C=O) groups excluding carboxylic acids is 1. The van der Waals surface area contributed by atoms with Crippen LogP contribution in [0.25, 0.3) is 11.3 Å². The molecule has 9 heteroatoms. The monoisotopic (exact) mass is 389 g/mol. The lowest BCUT2D eigenvalue weighted by atomic mass is 9.90. The Morgan fingerprint density at radius 2 is 2.00 bits per heavy atom. The van der Waals surface area contributed by atoms with Gasteiger partial charge in [0.05, 0.1) is 35.8 Å². The molecular formula is C20H19N7O2. The van der Waals surface area contributed by atoms with E-state index < -0.39 is 0 Å². The van der Waals surface area contributed by atoms with Crippen LogP contribution in [0, 0.1) is 12.5 Å². The van der Waals surface area contributed by atoms with Crippen molar-refractivity contribution in [2.45, 2.75) is 19.4 Å². The van der Waals surface area contributed by atoms with Crippen molar-refractivity contribution in [2.24, 2.45) is 5.11 Å². The van der Waals surface area contributed by atoms with Gasteiger partial charge in [-0.05, 0) is 24.6 Å². The Kier molecular flexibility index (Phi) is 4.63. The molecule has 1 atom stereocenters. The summed E-state index contributed by atoms with van der Waals surface area (Å²) in [6.07, 6.45) is 0.489. The fourth-order valence-electron chi connectivity index (χ4n) is 3.61. The van der Waals surface area contributed by atoms with Crippen LogP contribution in [0.3, 0.4) is 0 Å². The van der Waals surface area contributed by atoms with Gasteiger partial charge in [0.15, 0.2) is 0 Å². The number of nitrogens with one attached hydrogen (secondary N) is 2. The highest BCUT2D eigenvalue weighted by Gasteiger charge is 2.30. The second kappa shape index (κ2) is 7.27. The van der Waals surface area contributed by atoms with Crippen LogP contribution < -0.4 is 15.8 Å². The Hall–Kier alpha value is -3.88. The molecule has 29 heavy (non-hydrogen) atoms. The van der Waals surface area contributed by atoms with Crippen molar-refractivity contribution in [3.8, 4) is 17.1 Å². The predicted octanol–water partition coefficient (Wildman–Crippen LogP) is 3.13. The number of nitrogen functional groups attached to an aromatic ring is 1. The van der Waals surface area contributed by atoms with Crippen molar-refractivity contribution >= 4 is 17.5 Å². The number of anilines is 1. The number of methoxy groups -OCH3 is 1. The number of carbonyl (C=O) groups is 1. The molecule has 1 aliphatic rings. The number of fused-ring (bicyclic) bond motifs is 1. The van der Waals surface area contributed by atoms with Gasteiger partial charge in [0, 0.05) is 12.0 Å². The first kappa shape index (κ1) is 18.5. The molecule has 0 bridgehead atoms. The zero-order valence-electron chi connectivity index (χ0n) is 15.9. The van der Waals surface area contributed by atoms with Crippen LogP contribution in [0.15, 0.2) is 41.5 Å². The summed E-state index contributed by atoms with van der Waals surface area (Å²) in [6.45, 7) is 1.75. The van der Waals surface area contributed by atoms with E-state index in [9.17, 15) is 4.79 Å². The summed E-state index contributed by atoms with van der Waals surface area (Å²) in [5.41, 5.74) is 17.4. The Labute approximate surface area is 166 Å². The highest BCUT2D eigenvalue weighted by atomic mass is 16.5. The minimum Gasteiger partial charge on any atom is -0.479 e. The third kappa shape index (κ3) is 3.27. The van der Waals surface area contributed by atoms with Crippen molar-refractivity contribution in [2.75, 3.05) is 12.8 Å². The SMILES string of the molecule is COc1nc(-c2ccccc2[C@H]2Cc3nc(N)nc(C)c3C(=O)N2)ccc1N=N. The van der Waals surface area contributed by atoms with Crippen molar-refractivity contribution in [1.29, 1.82) is 5.53 Å². The standard InChI is InChI=1S/C20H19N7O2/c1-10-17-16(26-20(21)23-10)9-15(24-18(17)28)12-6-4-3-5-11(12)13-7-8-14(27-22)19(25-13)29-2/h3-8,15,22H,9H2,1-2H3,(H,24,28)(H2,21,23,26)/t15-/m1/s1. The third-order valence-corrected chi connectivity index (χ3v) is 4.88. The van der Waals surface area contributed by atoms with Crippen molar-refractivity contribution in [1.82, 2.24) is 20.3 Å². The number of nitrogens with zero attached hydrogens (tertiary/aromatic N) is 4. The maximum atomic E-state index is 12.7. The first-order chi connectivity index (χ1) is 14.0. The molecule has 1 aliphatic heterocycles. The summed E-state index contributed by atoms with van der Waals surface area (Å²) >= 11 is 0. The zero-order valence-corrected chi connectivity index (χ0v) is 15.9. The second-order valence-corrected chi connectivity index (χ2v) is 6.64. The maximum absolute atomic E-state index is 12.7. The molecular weight excluding hydrogens is 370 g/mol. The molecule has 0 aliphatic carbocycles. The molecule has 9 nitrogen and oxygen atoms in total. The zero-order chi connectivity index (χ0) is 20.5.